The van der Waals surface area contributed by atoms with Gasteiger partial charge in [-0.15, -0.1) is 0 Å². The van der Waals surface area contributed by atoms with Gasteiger partial charge in [0.05, 0.1) is 11.3 Å². The van der Waals surface area contributed by atoms with Crippen LogP contribution in [-0.2, 0) is 13.0 Å². The molecule has 3 aromatic rings. The van der Waals surface area contributed by atoms with Crippen LogP contribution in [0.2, 0.25) is 0 Å². The zero-order chi connectivity index (χ0) is 20.3. The summed E-state index contributed by atoms with van der Waals surface area (Å²) < 4.78 is 0. The SMILES string of the molecule is O=C(c1cnc(N2CCCCC2)nc1-c1ccccn1)N1CCc2ccccc2C1. The van der Waals surface area contributed by atoms with Crippen molar-refractivity contribution < 1.29 is 4.79 Å². The Morgan fingerprint density at radius 1 is 0.867 bits per heavy atom. The van der Waals surface area contributed by atoms with Crippen molar-refractivity contribution in [3.63, 3.8) is 0 Å². The van der Waals surface area contributed by atoms with Crippen LogP contribution in [0.25, 0.3) is 11.4 Å². The molecular formula is C24H25N5O. The molecule has 0 spiro atoms. The average molecular weight is 399 g/mol. The van der Waals surface area contributed by atoms with Crippen LogP contribution >= 0.6 is 0 Å². The standard InChI is InChI=1S/C24H25N5O/c30-23(29-15-11-18-8-2-3-9-19(18)17-29)20-16-26-24(28-13-6-1-7-14-28)27-22(20)21-10-4-5-12-25-21/h2-5,8-10,12,16H,1,6-7,11,13-15,17H2. The number of nitrogens with zero attached hydrogens (tertiary/aromatic N) is 5. The van der Waals surface area contributed by atoms with E-state index in [-0.39, 0.29) is 5.91 Å². The van der Waals surface area contributed by atoms with Crippen LogP contribution in [0.3, 0.4) is 0 Å². The van der Waals surface area contributed by atoms with Crippen molar-refractivity contribution in [1.29, 1.82) is 0 Å². The van der Waals surface area contributed by atoms with E-state index < -0.39 is 0 Å². The van der Waals surface area contributed by atoms with Crippen LogP contribution in [0.1, 0.15) is 40.7 Å². The van der Waals surface area contributed by atoms with Gasteiger partial charge in [0.2, 0.25) is 5.95 Å². The Kier molecular flexibility index (Phi) is 5.13. The van der Waals surface area contributed by atoms with Crippen LogP contribution in [0, 0.1) is 0 Å². The summed E-state index contributed by atoms with van der Waals surface area (Å²) in [5.41, 5.74) is 4.38. The van der Waals surface area contributed by atoms with E-state index >= 15 is 0 Å². The number of pyridine rings is 1. The third-order valence-electron chi connectivity index (χ3n) is 5.97. The number of rotatable bonds is 3. The lowest BCUT2D eigenvalue weighted by atomic mass is 9.99. The number of amides is 1. The summed E-state index contributed by atoms with van der Waals surface area (Å²) in [4.78, 5) is 31.5. The number of carbonyl (C=O) groups excluding carboxylic acids is 1. The van der Waals surface area contributed by atoms with Crippen molar-refractivity contribution in [2.24, 2.45) is 0 Å². The molecule has 0 saturated carbocycles. The molecule has 152 valence electrons. The molecule has 5 rings (SSSR count). The van der Waals surface area contributed by atoms with E-state index in [1.807, 2.05) is 29.2 Å². The molecule has 30 heavy (non-hydrogen) atoms. The summed E-state index contributed by atoms with van der Waals surface area (Å²) in [7, 11) is 0. The van der Waals surface area contributed by atoms with Crippen LogP contribution < -0.4 is 4.90 Å². The topological polar surface area (TPSA) is 62.2 Å². The molecule has 0 radical (unpaired) electrons. The Balaban J connectivity index is 1.50. The van der Waals surface area contributed by atoms with E-state index in [2.05, 4.69) is 33.1 Å². The van der Waals surface area contributed by atoms with Gasteiger partial charge in [0.1, 0.15) is 5.69 Å². The first-order valence-electron chi connectivity index (χ1n) is 10.7. The third kappa shape index (κ3) is 3.65. The summed E-state index contributed by atoms with van der Waals surface area (Å²) in [6, 6.07) is 14.0. The molecule has 0 aliphatic carbocycles. The van der Waals surface area contributed by atoms with Gasteiger partial charge in [-0.3, -0.25) is 9.78 Å². The van der Waals surface area contributed by atoms with Crippen molar-refractivity contribution in [3.8, 4) is 11.4 Å². The molecule has 0 atom stereocenters. The molecule has 2 aromatic heterocycles. The number of anilines is 1. The minimum absolute atomic E-state index is 0.0321. The van der Waals surface area contributed by atoms with E-state index in [4.69, 9.17) is 4.98 Å². The molecule has 1 amide bonds. The first-order valence-corrected chi connectivity index (χ1v) is 10.7. The molecule has 0 N–H and O–H groups in total. The quantitative estimate of drug-likeness (QED) is 0.672. The Morgan fingerprint density at radius 2 is 1.67 bits per heavy atom. The number of piperidine rings is 1. The Labute approximate surface area is 176 Å². The lowest BCUT2D eigenvalue weighted by Gasteiger charge is -2.30. The molecule has 2 aliphatic rings. The van der Waals surface area contributed by atoms with E-state index in [9.17, 15) is 4.79 Å². The Bertz CT molecular complexity index is 1050. The average Bonchev–Trinajstić information content (AvgIpc) is 2.84. The van der Waals surface area contributed by atoms with Gasteiger partial charge in [0.15, 0.2) is 0 Å². The molecule has 0 unspecified atom stereocenters. The van der Waals surface area contributed by atoms with Crippen molar-refractivity contribution in [2.75, 3.05) is 24.5 Å². The van der Waals surface area contributed by atoms with Crippen LogP contribution in [-0.4, -0.2) is 45.4 Å². The summed E-state index contributed by atoms with van der Waals surface area (Å²) in [5.74, 6) is 0.659. The van der Waals surface area contributed by atoms with E-state index in [0.29, 0.717) is 36.0 Å². The van der Waals surface area contributed by atoms with Gasteiger partial charge in [0.25, 0.3) is 5.91 Å². The van der Waals surface area contributed by atoms with Crippen LogP contribution in [0.15, 0.2) is 54.9 Å². The van der Waals surface area contributed by atoms with Gasteiger partial charge in [-0.25, -0.2) is 9.97 Å². The minimum atomic E-state index is -0.0321. The predicted octanol–water partition coefficient (Wildman–Crippen LogP) is 3.73. The summed E-state index contributed by atoms with van der Waals surface area (Å²) in [6.07, 6.45) is 7.85. The predicted molar refractivity (Wildman–Crippen MR) is 116 cm³/mol. The number of benzene rings is 1. The fourth-order valence-electron chi connectivity index (χ4n) is 4.31. The lowest BCUT2D eigenvalue weighted by molar-refractivity contribution is 0.0734. The number of hydrogen-bond acceptors (Lipinski definition) is 5. The van der Waals surface area contributed by atoms with Gasteiger partial charge < -0.3 is 9.80 Å². The maximum absolute atomic E-state index is 13.5. The maximum atomic E-state index is 13.5. The number of aromatic nitrogens is 3. The highest BCUT2D eigenvalue weighted by atomic mass is 16.2. The van der Waals surface area contributed by atoms with Crippen molar-refractivity contribution in [2.45, 2.75) is 32.2 Å². The largest absolute Gasteiger partial charge is 0.341 e. The molecule has 6 heteroatoms. The highest BCUT2D eigenvalue weighted by Crippen LogP contribution is 2.26. The van der Waals surface area contributed by atoms with E-state index in [1.54, 1.807) is 12.4 Å². The molecule has 2 aliphatic heterocycles. The molecule has 0 bridgehead atoms. The molecular weight excluding hydrogens is 374 g/mol. The Morgan fingerprint density at radius 3 is 2.47 bits per heavy atom. The van der Waals surface area contributed by atoms with Gasteiger partial charge in [0, 0.05) is 38.6 Å². The fraction of sp³-hybridized carbons (Fsp3) is 0.333. The molecule has 1 aromatic carbocycles. The number of carbonyl (C=O) groups is 1. The van der Waals surface area contributed by atoms with Crippen molar-refractivity contribution in [1.82, 2.24) is 19.9 Å². The smallest absolute Gasteiger partial charge is 0.258 e. The zero-order valence-electron chi connectivity index (χ0n) is 17.0. The molecule has 4 heterocycles. The highest BCUT2D eigenvalue weighted by molar-refractivity contribution is 5.99. The van der Waals surface area contributed by atoms with Crippen molar-refractivity contribution in [3.05, 3.63) is 71.5 Å². The second-order valence-corrected chi connectivity index (χ2v) is 7.94. The van der Waals surface area contributed by atoms with Gasteiger partial charge >= 0.3 is 0 Å². The van der Waals surface area contributed by atoms with Crippen LogP contribution in [0.4, 0.5) is 5.95 Å². The summed E-state index contributed by atoms with van der Waals surface area (Å²) in [6.45, 7) is 3.23. The van der Waals surface area contributed by atoms with Gasteiger partial charge in [-0.05, 0) is 48.9 Å². The normalized spacial score (nSPS) is 16.3. The summed E-state index contributed by atoms with van der Waals surface area (Å²) >= 11 is 0. The lowest BCUT2D eigenvalue weighted by Crippen LogP contribution is -2.36. The Hall–Kier alpha value is -3.28. The van der Waals surface area contributed by atoms with E-state index in [1.165, 1.54) is 17.5 Å². The van der Waals surface area contributed by atoms with Gasteiger partial charge in [-0.2, -0.15) is 0 Å². The second-order valence-electron chi connectivity index (χ2n) is 7.94. The second kappa shape index (κ2) is 8.22. The minimum Gasteiger partial charge on any atom is -0.341 e. The number of fused-ring (bicyclic) bond motifs is 1. The molecule has 1 fully saturated rings. The molecule has 1 saturated heterocycles. The maximum Gasteiger partial charge on any atom is 0.258 e. The highest BCUT2D eigenvalue weighted by Gasteiger charge is 2.26. The molecule has 6 nitrogen and oxygen atoms in total. The third-order valence-corrected chi connectivity index (χ3v) is 5.97. The fourth-order valence-corrected chi connectivity index (χ4v) is 4.31. The monoisotopic (exact) mass is 399 g/mol. The van der Waals surface area contributed by atoms with E-state index in [0.717, 1.165) is 32.4 Å². The summed E-state index contributed by atoms with van der Waals surface area (Å²) in [5, 5.41) is 0. The first-order chi connectivity index (χ1) is 14.8. The van der Waals surface area contributed by atoms with Crippen molar-refractivity contribution >= 4 is 11.9 Å². The zero-order valence-corrected chi connectivity index (χ0v) is 17.0. The number of hydrogen-bond donors (Lipinski definition) is 0. The first kappa shape index (κ1) is 18.7. The van der Waals surface area contributed by atoms with Crippen LogP contribution in [0.5, 0.6) is 0 Å². The van der Waals surface area contributed by atoms with Gasteiger partial charge in [-0.1, -0.05) is 30.3 Å².